The second-order valence-electron chi connectivity index (χ2n) is 7.23. The lowest BCUT2D eigenvalue weighted by Crippen LogP contribution is -2.29. The number of rotatable bonds is 4. The highest BCUT2D eigenvalue weighted by molar-refractivity contribution is 6.30. The Bertz CT molecular complexity index is 1360. The maximum atomic E-state index is 13.5. The molecule has 0 spiro atoms. The summed E-state index contributed by atoms with van der Waals surface area (Å²) in [5.41, 5.74) is 1.85. The minimum atomic E-state index is -0.653. The monoisotopic (exact) mass is 431 g/mol. The first kappa shape index (κ1) is 19.4. The van der Waals surface area contributed by atoms with E-state index < -0.39 is 6.04 Å². The van der Waals surface area contributed by atoms with E-state index in [2.05, 4.69) is 0 Å². The van der Waals surface area contributed by atoms with Crippen LogP contribution < -0.4 is 15.1 Å². The number of anilines is 1. The van der Waals surface area contributed by atoms with Gasteiger partial charge in [-0.15, -0.1) is 0 Å². The van der Waals surface area contributed by atoms with Crippen molar-refractivity contribution in [2.75, 3.05) is 11.5 Å². The van der Waals surface area contributed by atoms with E-state index in [0.29, 0.717) is 39.6 Å². The van der Waals surface area contributed by atoms with Gasteiger partial charge in [0.25, 0.3) is 5.91 Å². The van der Waals surface area contributed by atoms with Crippen LogP contribution in [0.3, 0.4) is 0 Å². The van der Waals surface area contributed by atoms with Gasteiger partial charge in [0, 0.05) is 10.7 Å². The largest absolute Gasteiger partial charge is 0.494 e. The average Bonchev–Trinajstić information content (AvgIpc) is 3.07. The molecule has 1 amide bonds. The Morgan fingerprint density at radius 2 is 1.77 bits per heavy atom. The third-order valence-electron chi connectivity index (χ3n) is 5.37. The lowest BCUT2D eigenvalue weighted by molar-refractivity contribution is 0.0971. The Balaban J connectivity index is 1.75. The van der Waals surface area contributed by atoms with E-state index in [9.17, 15) is 9.59 Å². The van der Waals surface area contributed by atoms with E-state index in [1.54, 1.807) is 71.6 Å². The third kappa shape index (κ3) is 3.18. The fourth-order valence-corrected chi connectivity index (χ4v) is 4.25. The van der Waals surface area contributed by atoms with Crippen molar-refractivity contribution in [2.45, 2.75) is 13.0 Å². The zero-order chi connectivity index (χ0) is 21.5. The molecule has 0 fully saturated rings. The molecule has 1 unspecified atom stereocenters. The number of benzene rings is 3. The molecule has 5 nitrogen and oxygen atoms in total. The Kier molecular flexibility index (Phi) is 4.75. The number of carbonyl (C=O) groups excluding carboxylic acids is 1. The Labute approximate surface area is 183 Å². The quantitative estimate of drug-likeness (QED) is 0.422. The number of carbonyl (C=O) groups is 1. The van der Waals surface area contributed by atoms with Crippen molar-refractivity contribution >= 4 is 34.2 Å². The van der Waals surface area contributed by atoms with Crippen LogP contribution in [0.4, 0.5) is 5.69 Å². The topological polar surface area (TPSA) is 59.8 Å². The number of fused-ring (bicyclic) bond motifs is 2. The highest BCUT2D eigenvalue weighted by atomic mass is 35.5. The van der Waals surface area contributed by atoms with E-state index in [4.69, 9.17) is 20.8 Å². The molecule has 0 saturated heterocycles. The molecule has 154 valence electrons. The zero-order valence-electron chi connectivity index (χ0n) is 16.7. The fraction of sp³-hybridized carbons (Fsp3) is 0.120. The first-order valence-corrected chi connectivity index (χ1v) is 10.3. The summed E-state index contributed by atoms with van der Waals surface area (Å²) in [4.78, 5) is 28.5. The van der Waals surface area contributed by atoms with E-state index in [1.807, 2.05) is 13.0 Å². The molecule has 5 rings (SSSR count). The van der Waals surface area contributed by atoms with Crippen LogP contribution in [0.5, 0.6) is 5.75 Å². The average molecular weight is 432 g/mol. The molecule has 1 aliphatic heterocycles. The molecule has 0 aliphatic carbocycles. The lowest BCUT2D eigenvalue weighted by Gasteiger charge is -2.25. The van der Waals surface area contributed by atoms with Crippen LogP contribution in [-0.4, -0.2) is 12.5 Å². The summed E-state index contributed by atoms with van der Waals surface area (Å²) in [6, 6.07) is 20.7. The summed E-state index contributed by atoms with van der Waals surface area (Å²) in [5.74, 6) is 0.393. The van der Waals surface area contributed by atoms with E-state index in [-0.39, 0.29) is 17.1 Å². The molecule has 3 aromatic carbocycles. The number of nitrogens with zero attached hydrogens (tertiary/aromatic N) is 1. The highest BCUT2D eigenvalue weighted by Crippen LogP contribution is 2.42. The van der Waals surface area contributed by atoms with Crippen molar-refractivity contribution in [3.63, 3.8) is 0 Å². The maximum absolute atomic E-state index is 13.5. The van der Waals surface area contributed by atoms with Crippen LogP contribution in [0.1, 0.15) is 34.6 Å². The van der Waals surface area contributed by atoms with Crippen LogP contribution in [-0.2, 0) is 0 Å². The van der Waals surface area contributed by atoms with Gasteiger partial charge in [0.15, 0.2) is 5.43 Å². The minimum Gasteiger partial charge on any atom is -0.494 e. The molecular weight excluding hydrogens is 414 g/mol. The fourth-order valence-electron chi connectivity index (χ4n) is 4.05. The molecule has 1 atom stereocenters. The van der Waals surface area contributed by atoms with Gasteiger partial charge in [-0.2, -0.15) is 0 Å². The van der Waals surface area contributed by atoms with Gasteiger partial charge < -0.3 is 9.15 Å². The Hall–Kier alpha value is -3.57. The van der Waals surface area contributed by atoms with E-state index >= 15 is 0 Å². The van der Waals surface area contributed by atoms with Crippen molar-refractivity contribution in [1.82, 2.24) is 0 Å². The molecule has 0 saturated carbocycles. The summed E-state index contributed by atoms with van der Waals surface area (Å²) < 4.78 is 11.5. The number of ether oxygens (including phenoxy) is 1. The van der Waals surface area contributed by atoms with Crippen molar-refractivity contribution in [1.29, 1.82) is 0 Å². The third-order valence-corrected chi connectivity index (χ3v) is 5.60. The van der Waals surface area contributed by atoms with Crippen molar-refractivity contribution in [3.05, 3.63) is 105 Å². The Morgan fingerprint density at radius 3 is 2.52 bits per heavy atom. The van der Waals surface area contributed by atoms with Crippen LogP contribution >= 0.6 is 11.6 Å². The van der Waals surface area contributed by atoms with Gasteiger partial charge in [0.2, 0.25) is 5.76 Å². The van der Waals surface area contributed by atoms with Crippen LogP contribution in [0.15, 0.2) is 82.0 Å². The number of para-hydroxylation sites is 1. The summed E-state index contributed by atoms with van der Waals surface area (Å²) in [6.45, 7) is 2.45. The SMILES string of the molecule is CCOc1ccc(N2C(=O)c3oc4ccccc4c(=O)c3C2c2cccc(Cl)c2)cc1. The molecule has 0 bridgehead atoms. The smallest absolute Gasteiger partial charge is 0.295 e. The summed E-state index contributed by atoms with van der Waals surface area (Å²) >= 11 is 6.25. The summed E-state index contributed by atoms with van der Waals surface area (Å²) in [7, 11) is 0. The standard InChI is InChI=1S/C25H18ClNO4/c1-2-30-18-12-10-17(11-13-18)27-22(15-6-5-7-16(26)14-15)21-23(28)19-8-3-4-9-20(19)31-24(21)25(27)29/h3-14,22H,2H2,1H3. The second-order valence-corrected chi connectivity index (χ2v) is 7.67. The van der Waals surface area contributed by atoms with Gasteiger partial charge in [-0.05, 0) is 61.0 Å². The molecule has 0 N–H and O–H groups in total. The first-order chi connectivity index (χ1) is 15.1. The number of amides is 1. The number of hydrogen-bond donors (Lipinski definition) is 0. The van der Waals surface area contributed by atoms with Gasteiger partial charge >= 0.3 is 0 Å². The van der Waals surface area contributed by atoms with Gasteiger partial charge in [-0.25, -0.2) is 0 Å². The van der Waals surface area contributed by atoms with Crippen LogP contribution in [0.25, 0.3) is 11.0 Å². The number of halogens is 1. The molecule has 0 radical (unpaired) electrons. The van der Waals surface area contributed by atoms with Crippen LogP contribution in [0.2, 0.25) is 5.02 Å². The van der Waals surface area contributed by atoms with E-state index in [0.717, 1.165) is 5.56 Å². The predicted octanol–water partition coefficient (Wildman–Crippen LogP) is 5.59. The molecule has 6 heteroatoms. The molecule has 31 heavy (non-hydrogen) atoms. The van der Waals surface area contributed by atoms with Crippen LogP contribution in [0, 0.1) is 0 Å². The molecule has 2 heterocycles. The van der Waals surface area contributed by atoms with Gasteiger partial charge in [-0.3, -0.25) is 14.5 Å². The van der Waals surface area contributed by atoms with Gasteiger partial charge in [0.05, 0.1) is 23.6 Å². The van der Waals surface area contributed by atoms with Gasteiger partial charge in [-0.1, -0.05) is 35.9 Å². The molecule has 1 aromatic heterocycles. The molecule has 1 aliphatic rings. The Morgan fingerprint density at radius 1 is 1.00 bits per heavy atom. The van der Waals surface area contributed by atoms with Crippen molar-refractivity contribution in [3.8, 4) is 5.75 Å². The minimum absolute atomic E-state index is 0.0579. The lowest BCUT2D eigenvalue weighted by atomic mass is 9.98. The predicted molar refractivity (Wildman–Crippen MR) is 120 cm³/mol. The van der Waals surface area contributed by atoms with Gasteiger partial charge in [0.1, 0.15) is 11.3 Å². The zero-order valence-corrected chi connectivity index (χ0v) is 17.4. The maximum Gasteiger partial charge on any atom is 0.295 e. The summed E-state index contributed by atoms with van der Waals surface area (Å²) in [6.07, 6.45) is 0. The van der Waals surface area contributed by atoms with Crippen molar-refractivity contribution < 1.29 is 13.9 Å². The van der Waals surface area contributed by atoms with Crippen molar-refractivity contribution in [2.24, 2.45) is 0 Å². The highest BCUT2D eigenvalue weighted by Gasteiger charge is 2.43. The normalized spacial score (nSPS) is 15.4. The molecule has 4 aromatic rings. The second kappa shape index (κ2) is 7.60. The summed E-state index contributed by atoms with van der Waals surface area (Å²) in [5, 5.41) is 0.963. The first-order valence-electron chi connectivity index (χ1n) is 9.96. The van der Waals surface area contributed by atoms with E-state index in [1.165, 1.54) is 0 Å². The molecular formula is C25H18ClNO4. The number of hydrogen-bond acceptors (Lipinski definition) is 4.